The highest BCUT2D eigenvalue weighted by Crippen LogP contribution is 2.12. The molecule has 1 unspecified atom stereocenters. The molecule has 0 heterocycles. The van der Waals surface area contributed by atoms with E-state index in [0.717, 1.165) is 10.9 Å². The Hall–Kier alpha value is -0.780. The minimum Gasteiger partial charge on any atom is -0.306 e. The molecule has 0 aromatic heterocycles. The number of benzene rings is 1. The van der Waals surface area contributed by atoms with E-state index < -0.39 is 0 Å². The number of terminal acetylenes is 1. The van der Waals surface area contributed by atoms with Crippen molar-refractivity contribution in [3.63, 3.8) is 0 Å². The van der Waals surface area contributed by atoms with E-state index >= 15 is 0 Å². The summed E-state index contributed by atoms with van der Waals surface area (Å²) in [5.74, 6) is 2.69. The van der Waals surface area contributed by atoms with E-state index in [1.807, 2.05) is 19.2 Å². The molecule has 0 amide bonds. The standard InChI is InChI=1S/C11H12BrN/c1-3-11(13-2)8-9-5-4-6-10(12)7-9/h1,4-7,11,13H,8H2,2H3. The van der Waals surface area contributed by atoms with Gasteiger partial charge in [0.15, 0.2) is 0 Å². The monoisotopic (exact) mass is 237 g/mol. The molecule has 1 nitrogen and oxygen atoms in total. The van der Waals surface area contributed by atoms with Gasteiger partial charge in [0.2, 0.25) is 0 Å². The Morgan fingerprint density at radius 3 is 2.92 bits per heavy atom. The predicted octanol–water partition coefficient (Wildman–Crippen LogP) is 2.21. The molecule has 13 heavy (non-hydrogen) atoms. The Labute approximate surface area is 87.7 Å². The number of likely N-dealkylation sites (N-methyl/N-ethyl adjacent to an activating group) is 1. The second-order valence-electron chi connectivity index (χ2n) is 2.84. The van der Waals surface area contributed by atoms with Crippen LogP contribution in [-0.4, -0.2) is 13.1 Å². The highest BCUT2D eigenvalue weighted by Gasteiger charge is 2.02. The van der Waals surface area contributed by atoms with Crippen molar-refractivity contribution in [3.8, 4) is 12.3 Å². The molecule has 68 valence electrons. The van der Waals surface area contributed by atoms with Gasteiger partial charge < -0.3 is 5.32 Å². The fourth-order valence-electron chi connectivity index (χ4n) is 1.14. The third-order valence-corrected chi connectivity index (χ3v) is 2.37. The van der Waals surface area contributed by atoms with Gasteiger partial charge in [-0.1, -0.05) is 34.0 Å². The Morgan fingerprint density at radius 1 is 1.62 bits per heavy atom. The van der Waals surface area contributed by atoms with E-state index in [0.29, 0.717) is 0 Å². The molecular formula is C11H12BrN. The third kappa shape index (κ3) is 3.22. The molecule has 0 fully saturated rings. The summed E-state index contributed by atoms with van der Waals surface area (Å²) in [7, 11) is 1.88. The van der Waals surface area contributed by atoms with Crippen LogP contribution in [0.3, 0.4) is 0 Å². The fraction of sp³-hybridized carbons (Fsp3) is 0.273. The first-order chi connectivity index (χ1) is 6.26. The second-order valence-corrected chi connectivity index (χ2v) is 3.76. The van der Waals surface area contributed by atoms with Crippen LogP contribution in [-0.2, 0) is 6.42 Å². The lowest BCUT2D eigenvalue weighted by Crippen LogP contribution is -2.25. The maximum Gasteiger partial charge on any atom is 0.0725 e. The molecule has 0 bridgehead atoms. The van der Waals surface area contributed by atoms with Crippen molar-refractivity contribution in [3.05, 3.63) is 34.3 Å². The molecule has 1 atom stereocenters. The van der Waals surface area contributed by atoms with E-state index in [-0.39, 0.29) is 6.04 Å². The van der Waals surface area contributed by atoms with Crippen LogP contribution in [0, 0.1) is 12.3 Å². The smallest absolute Gasteiger partial charge is 0.0725 e. The molecule has 1 N–H and O–H groups in total. The van der Waals surface area contributed by atoms with Crippen LogP contribution in [0.2, 0.25) is 0 Å². The Morgan fingerprint density at radius 2 is 2.38 bits per heavy atom. The predicted molar refractivity (Wildman–Crippen MR) is 59.5 cm³/mol. The van der Waals surface area contributed by atoms with Gasteiger partial charge >= 0.3 is 0 Å². The topological polar surface area (TPSA) is 12.0 Å². The molecule has 0 spiro atoms. The summed E-state index contributed by atoms with van der Waals surface area (Å²) >= 11 is 3.42. The SMILES string of the molecule is C#CC(Cc1cccc(Br)c1)NC. The molecule has 1 aromatic carbocycles. The van der Waals surface area contributed by atoms with Gasteiger partial charge in [-0.2, -0.15) is 0 Å². The van der Waals surface area contributed by atoms with Crippen LogP contribution in [0.1, 0.15) is 5.56 Å². The normalized spacial score (nSPS) is 12.1. The molecular weight excluding hydrogens is 226 g/mol. The first-order valence-electron chi connectivity index (χ1n) is 4.14. The van der Waals surface area contributed by atoms with Crippen LogP contribution in [0.25, 0.3) is 0 Å². The number of rotatable bonds is 3. The zero-order valence-electron chi connectivity index (χ0n) is 7.55. The van der Waals surface area contributed by atoms with Gasteiger partial charge in [0, 0.05) is 4.47 Å². The number of hydrogen-bond acceptors (Lipinski definition) is 1. The Balaban J connectivity index is 2.69. The van der Waals surface area contributed by atoms with Crippen molar-refractivity contribution in [2.45, 2.75) is 12.5 Å². The summed E-state index contributed by atoms with van der Waals surface area (Å²) in [6, 6.07) is 8.30. The van der Waals surface area contributed by atoms with Crippen LogP contribution in [0.4, 0.5) is 0 Å². The van der Waals surface area contributed by atoms with Crippen molar-refractivity contribution in [2.75, 3.05) is 7.05 Å². The molecule has 0 radical (unpaired) electrons. The number of nitrogens with one attached hydrogen (secondary N) is 1. The largest absolute Gasteiger partial charge is 0.306 e. The fourth-order valence-corrected chi connectivity index (χ4v) is 1.59. The van der Waals surface area contributed by atoms with E-state index in [2.05, 4.69) is 39.3 Å². The first kappa shape index (κ1) is 10.3. The summed E-state index contributed by atoms with van der Waals surface area (Å²) in [6.07, 6.45) is 6.21. The highest BCUT2D eigenvalue weighted by atomic mass is 79.9. The van der Waals surface area contributed by atoms with E-state index in [4.69, 9.17) is 6.42 Å². The quantitative estimate of drug-likeness (QED) is 0.796. The average molecular weight is 238 g/mol. The lowest BCUT2D eigenvalue weighted by Gasteiger charge is -2.08. The number of halogens is 1. The van der Waals surface area contributed by atoms with Crippen LogP contribution in [0.15, 0.2) is 28.7 Å². The maximum atomic E-state index is 5.34. The first-order valence-corrected chi connectivity index (χ1v) is 4.93. The van der Waals surface area contributed by atoms with Gasteiger partial charge in [0.25, 0.3) is 0 Å². The minimum atomic E-state index is 0.120. The molecule has 2 heteroatoms. The molecule has 0 saturated heterocycles. The molecule has 1 rings (SSSR count). The van der Waals surface area contributed by atoms with E-state index in [9.17, 15) is 0 Å². The summed E-state index contributed by atoms with van der Waals surface area (Å²) in [4.78, 5) is 0. The number of hydrogen-bond donors (Lipinski definition) is 1. The van der Waals surface area contributed by atoms with Crippen molar-refractivity contribution in [1.82, 2.24) is 5.32 Å². The lowest BCUT2D eigenvalue weighted by molar-refractivity contribution is 0.683. The summed E-state index contributed by atoms with van der Waals surface area (Å²) in [5.41, 5.74) is 1.24. The highest BCUT2D eigenvalue weighted by molar-refractivity contribution is 9.10. The third-order valence-electron chi connectivity index (χ3n) is 1.88. The second kappa shape index (κ2) is 5.06. The molecule has 0 aliphatic carbocycles. The Bertz CT molecular complexity index is 314. The van der Waals surface area contributed by atoms with Crippen molar-refractivity contribution in [1.29, 1.82) is 0 Å². The summed E-state index contributed by atoms with van der Waals surface area (Å²) in [6.45, 7) is 0. The molecule has 0 saturated carbocycles. The van der Waals surface area contributed by atoms with Gasteiger partial charge in [0.05, 0.1) is 6.04 Å². The zero-order chi connectivity index (χ0) is 9.68. The van der Waals surface area contributed by atoms with E-state index in [1.165, 1.54) is 5.56 Å². The summed E-state index contributed by atoms with van der Waals surface area (Å²) in [5, 5.41) is 3.07. The van der Waals surface area contributed by atoms with Crippen LogP contribution >= 0.6 is 15.9 Å². The van der Waals surface area contributed by atoms with Gasteiger partial charge in [-0.05, 0) is 31.2 Å². The van der Waals surface area contributed by atoms with Gasteiger partial charge in [-0.3, -0.25) is 0 Å². The van der Waals surface area contributed by atoms with Gasteiger partial charge in [0.1, 0.15) is 0 Å². The molecule has 0 aliphatic rings. The average Bonchev–Trinajstić information content (AvgIpc) is 2.14. The summed E-state index contributed by atoms with van der Waals surface area (Å²) < 4.78 is 1.09. The zero-order valence-corrected chi connectivity index (χ0v) is 9.14. The van der Waals surface area contributed by atoms with Crippen LogP contribution in [0.5, 0.6) is 0 Å². The molecule has 1 aromatic rings. The van der Waals surface area contributed by atoms with Crippen molar-refractivity contribution >= 4 is 15.9 Å². The van der Waals surface area contributed by atoms with Crippen LogP contribution < -0.4 is 5.32 Å². The van der Waals surface area contributed by atoms with Crippen molar-refractivity contribution in [2.24, 2.45) is 0 Å². The van der Waals surface area contributed by atoms with E-state index in [1.54, 1.807) is 0 Å². The lowest BCUT2D eigenvalue weighted by atomic mass is 10.1. The van der Waals surface area contributed by atoms with Gasteiger partial charge in [-0.25, -0.2) is 0 Å². The van der Waals surface area contributed by atoms with Crippen molar-refractivity contribution < 1.29 is 0 Å². The van der Waals surface area contributed by atoms with Gasteiger partial charge in [-0.15, -0.1) is 6.42 Å². The minimum absolute atomic E-state index is 0.120. The Kier molecular flexibility index (Phi) is 4.01. The maximum absolute atomic E-state index is 5.34. The molecule has 0 aliphatic heterocycles.